The molecule has 0 aliphatic carbocycles. The first-order chi connectivity index (χ1) is 10.0. The van der Waals surface area contributed by atoms with Crippen molar-refractivity contribution in [3.8, 4) is 0 Å². The Morgan fingerprint density at radius 2 is 2.05 bits per heavy atom. The summed E-state index contributed by atoms with van der Waals surface area (Å²) in [6.45, 7) is 0. The van der Waals surface area contributed by atoms with Gasteiger partial charge in [0.25, 0.3) is 0 Å². The fourth-order valence-corrected chi connectivity index (χ4v) is 4.00. The van der Waals surface area contributed by atoms with Crippen LogP contribution in [0.15, 0.2) is 24.3 Å². The minimum Gasteiger partial charge on any atom is -0.384 e. The van der Waals surface area contributed by atoms with E-state index in [2.05, 4.69) is 5.32 Å². The smallest absolute Gasteiger partial charge is 0.224 e. The van der Waals surface area contributed by atoms with Gasteiger partial charge in [-0.15, -0.1) is 11.3 Å². The molecule has 0 saturated heterocycles. The van der Waals surface area contributed by atoms with Gasteiger partial charge in [0.2, 0.25) is 5.91 Å². The van der Waals surface area contributed by atoms with Crippen molar-refractivity contribution in [1.82, 2.24) is 0 Å². The second kappa shape index (κ2) is 5.97. The Bertz CT molecular complexity index is 699. The Balaban J connectivity index is 1.95. The number of hydrogen-bond donors (Lipinski definition) is 2. The van der Waals surface area contributed by atoms with E-state index >= 15 is 0 Å². The fraction of sp³-hybridized carbons (Fsp3) is 0.267. The third-order valence-electron chi connectivity index (χ3n) is 3.55. The van der Waals surface area contributed by atoms with E-state index in [-0.39, 0.29) is 5.91 Å². The topological polar surface area (TPSA) is 49.3 Å². The Kier molecular flexibility index (Phi) is 4.22. The number of amides is 1. The predicted octanol–water partition coefficient (Wildman–Crippen LogP) is 4.41. The van der Waals surface area contributed by atoms with Gasteiger partial charge in [-0.1, -0.05) is 35.3 Å². The number of halogens is 2. The summed E-state index contributed by atoms with van der Waals surface area (Å²) in [5.41, 5.74) is 3.23. The van der Waals surface area contributed by atoms with E-state index in [1.165, 1.54) is 11.3 Å². The first-order valence-electron chi connectivity index (χ1n) is 6.60. The van der Waals surface area contributed by atoms with Crippen molar-refractivity contribution in [2.24, 2.45) is 0 Å². The molecule has 0 saturated carbocycles. The van der Waals surface area contributed by atoms with Crippen LogP contribution in [0.3, 0.4) is 0 Å². The highest BCUT2D eigenvalue weighted by molar-refractivity contribution is 7.20. The van der Waals surface area contributed by atoms with E-state index in [9.17, 15) is 9.90 Å². The minimum atomic E-state index is -0.814. The summed E-state index contributed by atoms with van der Waals surface area (Å²) in [7, 11) is 0. The van der Waals surface area contributed by atoms with E-state index in [0.717, 1.165) is 29.7 Å². The van der Waals surface area contributed by atoms with Gasteiger partial charge in [0.05, 0.1) is 4.34 Å². The molecule has 110 valence electrons. The lowest BCUT2D eigenvalue weighted by Crippen LogP contribution is -2.09. The van der Waals surface area contributed by atoms with Crippen LogP contribution in [0.25, 0.3) is 0 Å². The molecule has 1 unspecified atom stereocenters. The molecule has 2 aromatic rings. The molecule has 0 spiro atoms. The number of fused-ring (bicyclic) bond motifs is 1. The van der Waals surface area contributed by atoms with Crippen LogP contribution in [0.5, 0.6) is 0 Å². The number of anilines is 1. The first-order valence-corrected chi connectivity index (χ1v) is 8.17. The molecule has 2 N–H and O–H groups in total. The van der Waals surface area contributed by atoms with Crippen LogP contribution >= 0.6 is 34.5 Å². The highest BCUT2D eigenvalue weighted by Crippen LogP contribution is 2.38. The average molecular weight is 342 g/mol. The van der Waals surface area contributed by atoms with Crippen LogP contribution in [-0.4, -0.2) is 11.0 Å². The van der Waals surface area contributed by atoms with Crippen molar-refractivity contribution in [1.29, 1.82) is 0 Å². The summed E-state index contributed by atoms with van der Waals surface area (Å²) in [4.78, 5) is 11.5. The van der Waals surface area contributed by atoms with Gasteiger partial charge >= 0.3 is 0 Å². The number of hydrogen-bond acceptors (Lipinski definition) is 3. The zero-order valence-corrected chi connectivity index (χ0v) is 13.4. The maximum Gasteiger partial charge on any atom is 0.224 e. The SMILES string of the molecule is O=C1CCCc2cc(C(O)c3cc(Cl)sc3Cl)ccc2N1. The van der Waals surface area contributed by atoms with Crippen LogP contribution in [-0.2, 0) is 11.2 Å². The Morgan fingerprint density at radius 1 is 1.24 bits per heavy atom. The van der Waals surface area contributed by atoms with Crippen molar-refractivity contribution in [3.63, 3.8) is 0 Å². The maximum atomic E-state index is 11.5. The minimum absolute atomic E-state index is 0.0368. The van der Waals surface area contributed by atoms with Crippen molar-refractivity contribution in [3.05, 3.63) is 49.6 Å². The monoisotopic (exact) mass is 341 g/mol. The molecule has 6 heteroatoms. The molecule has 1 aromatic heterocycles. The van der Waals surface area contributed by atoms with Gasteiger partial charge in [0, 0.05) is 17.7 Å². The van der Waals surface area contributed by atoms with Crippen molar-refractivity contribution >= 4 is 46.1 Å². The van der Waals surface area contributed by atoms with Crippen LogP contribution in [0.2, 0.25) is 8.67 Å². The van der Waals surface area contributed by atoms with Crippen molar-refractivity contribution in [2.45, 2.75) is 25.4 Å². The average Bonchev–Trinajstić information content (AvgIpc) is 2.67. The largest absolute Gasteiger partial charge is 0.384 e. The van der Waals surface area contributed by atoms with Crippen LogP contribution in [0.4, 0.5) is 5.69 Å². The first kappa shape index (κ1) is 14.9. The molecular weight excluding hydrogens is 329 g/mol. The number of carbonyl (C=O) groups is 1. The summed E-state index contributed by atoms with van der Waals surface area (Å²) in [5.74, 6) is 0.0368. The van der Waals surface area contributed by atoms with E-state index in [0.29, 0.717) is 20.7 Å². The Labute approximate surface area is 136 Å². The van der Waals surface area contributed by atoms with Gasteiger partial charge < -0.3 is 10.4 Å². The summed E-state index contributed by atoms with van der Waals surface area (Å²) in [6.07, 6.45) is 1.33. The van der Waals surface area contributed by atoms with Crippen molar-refractivity contribution in [2.75, 3.05) is 5.32 Å². The highest BCUT2D eigenvalue weighted by atomic mass is 35.5. The van der Waals surface area contributed by atoms with E-state index < -0.39 is 6.10 Å². The molecular formula is C15H13Cl2NO2S. The molecule has 1 amide bonds. The number of nitrogens with one attached hydrogen (secondary N) is 1. The summed E-state index contributed by atoms with van der Waals surface area (Å²) in [5, 5.41) is 13.4. The van der Waals surface area contributed by atoms with Gasteiger partial charge in [0.15, 0.2) is 0 Å². The number of benzene rings is 1. The number of carbonyl (C=O) groups excluding carboxylic acids is 1. The zero-order chi connectivity index (χ0) is 15.0. The van der Waals surface area contributed by atoms with Crippen LogP contribution < -0.4 is 5.32 Å². The number of aliphatic hydroxyl groups excluding tert-OH is 1. The second-order valence-corrected chi connectivity index (χ2v) is 7.29. The summed E-state index contributed by atoms with van der Waals surface area (Å²) in [6, 6.07) is 7.25. The van der Waals surface area contributed by atoms with E-state index in [1.54, 1.807) is 12.1 Å². The lowest BCUT2D eigenvalue weighted by molar-refractivity contribution is -0.116. The van der Waals surface area contributed by atoms with Crippen LogP contribution in [0.1, 0.15) is 35.6 Å². The number of aryl methyl sites for hydroxylation is 1. The molecule has 1 atom stereocenters. The number of aliphatic hydroxyl groups is 1. The third kappa shape index (κ3) is 3.09. The molecule has 1 aromatic carbocycles. The number of thiophene rings is 1. The third-order valence-corrected chi connectivity index (χ3v) is 5.06. The molecule has 0 radical (unpaired) electrons. The fourth-order valence-electron chi connectivity index (χ4n) is 2.48. The van der Waals surface area contributed by atoms with Gasteiger partial charge in [-0.2, -0.15) is 0 Å². The van der Waals surface area contributed by atoms with Gasteiger partial charge in [-0.05, 0) is 36.1 Å². The molecule has 2 heterocycles. The molecule has 3 nitrogen and oxygen atoms in total. The highest BCUT2D eigenvalue weighted by Gasteiger charge is 2.19. The van der Waals surface area contributed by atoms with E-state index in [1.807, 2.05) is 12.1 Å². The quantitative estimate of drug-likeness (QED) is 0.849. The predicted molar refractivity (Wildman–Crippen MR) is 86.4 cm³/mol. The van der Waals surface area contributed by atoms with E-state index in [4.69, 9.17) is 23.2 Å². The molecule has 1 aliphatic heterocycles. The second-order valence-electron chi connectivity index (χ2n) is 5.00. The zero-order valence-electron chi connectivity index (χ0n) is 11.0. The molecule has 3 rings (SSSR count). The lowest BCUT2D eigenvalue weighted by Gasteiger charge is -2.14. The molecule has 0 fully saturated rings. The van der Waals surface area contributed by atoms with Crippen LogP contribution in [0, 0.1) is 0 Å². The normalized spacial score (nSPS) is 16.0. The molecule has 1 aliphatic rings. The van der Waals surface area contributed by atoms with Gasteiger partial charge in [-0.25, -0.2) is 0 Å². The Morgan fingerprint density at radius 3 is 2.76 bits per heavy atom. The van der Waals surface area contributed by atoms with Crippen molar-refractivity contribution < 1.29 is 9.90 Å². The van der Waals surface area contributed by atoms with Gasteiger partial charge in [-0.3, -0.25) is 4.79 Å². The molecule has 0 bridgehead atoms. The standard InChI is InChI=1S/C15H13Cl2NO2S/c16-12-7-10(15(17)21-12)14(20)9-4-5-11-8(6-9)2-1-3-13(19)18-11/h4-7,14,20H,1-3H2,(H,18,19). The Hall–Kier alpha value is -1.07. The molecule has 21 heavy (non-hydrogen) atoms. The number of rotatable bonds is 2. The lowest BCUT2D eigenvalue weighted by atomic mass is 9.99. The van der Waals surface area contributed by atoms with Gasteiger partial charge in [0.1, 0.15) is 10.4 Å². The maximum absolute atomic E-state index is 11.5. The summed E-state index contributed by atoms with van der Waals surface area (Å²) >= 11 is 13.3. The summed E-state index contributed by atoms with van der Waals surface area (Å²) < 4.78 is 1.05.